The molecule has 0 amide bonds. The van der Waals surface area contributed by atoms with Gasteiger partial charge in [-0.05, 0) is 73.3 Å². The van der Waals surface area contributed by atoms with Gasteiger partial charge in [-0.15, -0.1) is 0 Å². The molecule has 0 spiro atoms. The van der Waals surface area contributed by atoms with Gasteiger partial charge in [-0.2, -0.15) is 0 Å². The van der Waals surface area contributed by atoms with Gasteiger partial charge in [-0.3, -0.25) is 9.80 Å². The largest absolute Gasteiger partial charge is 0.390 e. The van der Waals surface area contributed by atoms with Crippen molar-refractivity contribution in [2.75, 3.05) is 26.2 Å². The van der Waals surface area contributed by atoms with Gasteiger partial charge >= 0.3 is 0 Å². The topological polar surface area (TPSA) is 26.7 Å². The minimum atomic E-state index is -0.232. The first-order valence-corrected chi connectivity index (χ1v) is 10.5. The van der Waals surface area contributed by atoms with Gasteiger partial charge in [-0.25, -0.2) is 0 Å². The predicted octanol–water partition coefficient (Wildman–Crippen LogP) is 4.35. The average molecular weight is 385 g/mol. The van der Waals surface area contributed by atoms with Crippen LogP contribution in [0.25, 0.3) is 11.1 Å². The Morgan fingerprint density at radius 1 is 1.04 bits per heavy atom. The third-order valence-corrected chi connectivity index (χ3v) is 6.26. The molecule has 3 nitrogen and oxygen atoms in total. The molecule has 0 saturated carbocycles. The first-order chi connectivity index (χ1) is 13.1. The van der Waals surface area contributed by atoms with E-state index in [0.717, 1.165) is 37.7 Å². The first kappa shape index (κ1) is 18.9. The van der Waals surface area contributed by atoms with Crippen LogP contribution < -0.4 is 0 Å². The molecule has 0 aromatic heterocycles. The highest BCUT2D eigenvalue weighted by molar-refractivity contribution is 6.30. The standard InChI is InChI=1S/C23H29ClN2O/c1-17-12-20(24)8-9-21(17)19-7-5-6-18(13-19)14-25-15-22(23(27)16-25)26-10-3-2-4-11-26/h5-9,12-13,22-23,27H,2-4,10-11,14-16H2,1H3/t22-,23-/m0/s1. The van der Waals surface area contributed by atoms with E-state index in [-0.39, 0.29) is 6.10 Å². The summed E-state index contributed by atoms with van der Waals surface area (Å²) in [5.41, 5.74) is 4.96. The second-order valence-electron chi connectivity index (χ2n) is 8.09. The van der Waals surface area contributed by atoms with Crippen LogP contribution in [-0.4, -0.2) is 53.2 Å². The summed E-state index contributed by atoms with van der Waals surface area (Å²) in [7, 11) is 0. The molecule has 2 fully saturated rings. The summed E-state index contributed by atoms with van der Waals surface area (Å²) < 4.78 is 0. The van der Waals surface area contributed by atoms with Crippen molar-refractivity contribution in [3.63, 3.8) is 0 Å². The molecular weight excluding hydrogens is 356 g/mol. The van der Waals surface area contributed by atoms with Crippen molar-refractivity contribution in [3.05, 3.63) is 58.6 Å². The predicted molar refractivity (Wildman–Crippen MR) is 112 cm³/mol. The number of halogens is 1. The molecule has 4 heteroatoms. The zero-order valence-electron chi connectivity index (χ0n) is 16.1. The molecule has 2 aliphatic heterocycles. The monoisotopic (exact) mass is 384 g/mol. The molecule has 27 heavy (non-hydrogen) atoms. The van der Waals surface area contributed by atoms with Crippen molar-refractivity contribution < 1.29 is 5.11 Å². The van der Waals surface area contributed by atoms with E-state index in [2.05, 4.69) is 47.1 Å². The highest BCUT2D eigenvalue weighted by Gasteiger charge is 2.35. The minimum Gasteiger partial charge on any atom is -0.390 e. The van der Waals surface area contributed by atoms with Gasteiger partial charge in [0.05, 0.1) is 6.10 Å². The Bertz CT molecular complexity index is 788. The van der Waals surface area contributed by atoms with E-state index in [1.807, 2.05) is 12.1 Å². The quantitative estimate of drug-likeness (QED) is 0.849. The van der Waals surface area contributed by atoms with Crippen LogP contribution in [0, 0.1) is 6.92 Å². The van der Waals surface area contributed by atoms with Crippen LogP contribution in [0.4, 0.5) is 0 Å². The molecule has 4 rings (SSSR count). The Hall–Kier alpha value is -1.39. The van der Waals surface area contributed by atoms with Crippen LogP contribution >= 0.6 is 11.6 Å². The van der Waals surface area contributed by atoms with Gasteiger partial charge in [0.1, 0.15) is 0 Å². The molecule has 0 aliphatic carbocycles. The van der Waals surface area contributed by atoms with Crippen LogP contribution in [-0.2, 0) is 6.54 Å². The second-order valence-corrected chi connectivity index (χ2v) is 8.52. The van der Waals surface area contributed by atoms with Crippen LogP contribution in [0.15, 0.2) is 42.5 Å². The van der Waals surface area contributed by atoms with E-state index in [9.17, 15) is 5.11 Å². The SMILES string of the molecule is Cc1cc(Cl)ccc1-c1cccc(CN2C[C@H](O)[C@@H](N3CCCCC3)C2)c1. The summed E-state index contributed by atoms with van der Waals surface area (Å²) in [6.45, 7) is 7.01. The lowest BCUT2D eigenvalue weighted by Crippen LogP contribution is -2.45. The molecule has 0 unspecified atom stereocenters. The zero-order chi connectivity index (χ0) is 18.8. The Balaban J connectivity index is 1.45. The minimum absolute atomic E-state index is 0.232. The Morgan fingerprint density at radius 2 is 1.85 bits per heavy atom. The van der Waals surface area contributed by atoms with Crippen LogP contribution in [0.5, 0.6) is 0 Å². The fourth-order valence-corrected chi connectivity index (χ4v) is 4.86. The van der Waals surface area contributed by atoms with Crippen LogP contribution in [0.3, 0.4) is 0 Å². The molecule has 144 valence electrons. The molecule has 0 radical (unpaired) electrons. The summed E-state index contributed by atoms with van der Waals surface area (Å²) in [4.78, 5) is 4.90. The van der Waals surface area contributed by atoms with Gasteiger partial charge < -0.3 is 5.11 Å². The summed E-state index contributed by atoms with van der Waals surface area (Å²) >= 11 is 6.11. The number of rotatable bonds is 4. The van der Waals surface area contributed by atoms with Gasteiger partial charge in [0.15, 0.2) is 0 Å². The van der Waals surface area contributed by atoms with E-state index in [1.165, 1.54) is 41.5 Å². The third kappa shape index (κ3) is 4.38. The number of β-amino-alcohol motifs (C(OH)–C–C–N with tert-alkyl or cyclic N) is 1. The van der Waals surface area contributed by atoms with Gasteiger partial charge in [0.2, 0.25) is 0 Å². The number of aryl methyl sites for hydroxylation is 1. The fraction of sp³-hybridized carbons (Fsp3) is 0.478. The summed E-state index contributed by atoms with van der Waals surface area (Å²) in [6, 6.07) is 15.1. The van der Waals surface area contributed by atoms with E-state index < -0.39 is 0 Å². The van der Waals surface area contributed by atoms with Gasteiger partial charge in [0, 0.05) is 30.7 Å². The van der Waals surface area contributed by atoms with Crippen molar-refractivity contribution in [1.29, 1.82) is 0 Å². The maximum Gasteiger partial charge on any atom is 0.0834 e. The number of hydrogen-bond acceptors (Lipinski definition) is 3. The smallest absolute Gasteiger partial charge is 0.0834 e. The molecule has 2 aliphatic rings. The second kappa shape index (κ2) is 8.32. The fourth-order valence-electron chi connectivity index (χ4n) is 4.63. The number of aliphatic hydroxyl groups is 1. The third-order valence-electron chi connectivity index (χ3n) is 6.03. The average Bonchev–Trinajstić information content (AvgIpc) is 3.03. The van der Waals surface area contributed by atoms with Crippen molar-refractivity contribution in [1.82, 2.24) is 9.80 Å². The maximum atomic E-state index is 10.6. The molecule has 1 N–H and O–H groups in total. The van der Waals surface area contributed by atoms with Crippen molar-refractivity contribution >= 4 is 11.6 Å². The molecule has 2 saturated heterocycles. The molecule has 0 bridgehead atoms. The lowest BCUT2D eigenvalue weighted by atomic mass is 9.99. The van der Waals surface area contributed by atoms with E-state index >= 15 is 0 Å². The van der Waals surface area contributed by atoms with Crippen molar-refractivity contribution in [2.45, 2.75) is 44.9 Å². The van der Waals surface area contributed by atoms with Gasteiger partial charge in [0.25, 0.3) is 0 Å². The lowest BCUT2D eigenvalue weighted by molar-refractivity contribution is 0.0706. The molecular formula is C23H29ClN2O. The number of likely N-dealkylation sites (tertiary alicyclic amines) is 2. The number of benzene rings is 2. The number of aliphatic hydroxyl groups excluding tert-OH is 1. The summed E-state index contributed by atoms with van der Waals surface area (Å²) in [5, 5.41) is 11.4. The van der Waals surface area contributed by atoms with Crippen LogP contribution in [0.1, 0.15) is 30.4 Å². The maximum absolute atomic E-state index is 10.6. The zero-order valence-corrected chi connectivity index (χ0v) is 16.8. The highest BCUT2D eigenvalue weighted by atomic mass is 35.5. The molecule has 2 atom stereocenters. The summed E-state index contributed by atoms with van der Waals surface area (Å²) in [5.74, 6) is 0. The molecule has 2 heterocycles. The summed E-state index contributed by atoms with van der Waals surface area (Å²) in [6.07, 6.45) is 3.64. The van der Waals surface area contributed by atoms with Crippen molar-refractivity contribution in [2.24, 2.45) is 0 Å². The van der Waals surface area contributed by atoms with Gasteiger partial charge in [-0.1, -0.05) is 42.3 Å². The number of nitrogens with zero attached hydrogens (tertiary/aromatic N) is 2. The first-order valence-electron chi connectivity index (χ1n) is 10.1. The van der Waals surface area contributed by atoms with Crippen LogP contribution in [0.2, 0.25) is 5.02 Å². The molecule has 2 aromatic carbocycles. The number of piperidine rings is 1. The normalized spacial score (nSPS) is 24.4. The van der Waals surface area contributed by atoms with Crippen molar-refractivity contribution in [3.8, 4) is 11.1 Å². The lowest BCUT2D eigenvalue weighted by Gasteiger charge is -2.33. The number of hydrogen-bond donors (Lipinski definition) is 1. The Labute approximate surface area is 167 Å². The van der Waals surface area contributed by atoms with E-state index in [1.54, 1.807) is 0 Å². The Morgan fingerprint density at radius 3 is 2.63 bits per heavy atom. The highest BCUT2D eigenvalue weighted by Crippen LogP contribution is 2.28. The van der Waals surface area contributed by atoms with E-state index in [4.69, 9.17) is 11.6 Å². The van der Waals surface area contributed by atoms with E-state index in [0.29, 0.717) is 6.04 Å². The Kier molecular flexibility index (Phi) is 5.84. The molecule has 2 aromatic rings.